The van der Waals surface area contributed by atoms with Gasteiger partial charge >= 0.3 is 0 Å². The van der Waals surface area contributed by atoms with Gasteiger partial charge in [0.1, 0.15) is 17.6 Å². The van der Waals surface area contributed by atoms with E-state index in [4.69, 9.17) is 9.26 Å². The molecule has 6 heteroatoms. The number of carbonyl (C=O) groups is 1. The van der Waals surface area contributed by atoms with E-state index in [-0.39, 0.29) is 11.9 Å². The smallest absolute Gasteiger partial charge is 0.276 e. The maximum atomic E-state index is 13.7. The van der Waals surface area contributed by atoms with Crippen LogP contribution in [0.4, 0.5) is 0 Å². The molecule has 6 rings (SSSR count). The Morgan fingerprint density at radius 1 is 1.19 bits per heavy atom. The maximum absolute atomic E-state index is 13.7. The molecule has 0 saturated heterocycles. The second-order valence-corrected chi connectivity index (χ2v) is 8.57. The highest BCUT2D eigenvalue weighted by Gasteiger charge is 2.38. The molecule has 162 valence electrons. The van der Waals surface area contributed by atoms with E-state index < -0.39 is 0 Å². The van der Waals surface area contributed by atoms with Gasteiger partial charge in [0.05, 0.1) is 6.61 Å². The summed E-state index contributed by atoms with van der Waals surface area (Å²) in [6.07, 6.45) is 3.00. The number of amides is 1. The number of nitrogens with one attached hydrogen (secondary N) is 1. The molecular weight excluding hydrogens is 402 g/mol. The van der Waals surface area contributed by atoms with Crippen molar-refractivity contribution in [1.82, 2.24) is 15.0 Å². The lowest BCUT2D eigenvalue weighted by atomic mass is 9.91. The Morgan fingerprint density at radius 2 is 2.00 bits per heavy atom. The Morgan fingerprint density at radius 3 is 2.84 bits per heavy atom. The van der Waals surface area contributed by atoms with Crippen molar-refractivity contribution < 1.29 is 14.1 Å². The lowest BCUT2D eigenvalue weighted by Gasteiger charge is -2.36. The zero-order chi connectivity index (χ0) is 21.7. The fourth-order valence-corrected chi connectivity index (χ4v) is 4.87. The first-order chi connectivity index (χ1) is 15.7. The van der Waals surface area contributed by atoms with Gasteiger partial charge in [-0.1, -0.05) is 41.6 Å². The fraction of sp³-hybridized carbons (Fsp3) is 0.308. The largest absolute Gasteiger partial charge is 0.494 e. The minimum atomic E-state index is -0.289. The molecule has 3 heterocycles. The molecule has 32 heavy (non-hydrogen) atoms. The predicted octanol–water partition coefficient (Wildman–Crippen LogP) is 5.22. The standard InChI is InChI=1S/C26H25N3O3/c1-2-31-22-10-6-4-8-19(22)25-24-18(17-7-3-5-9-20(17)27-24)13-14-29(25)26(30)21-15-23(32-28-21)16-11-12-16/h3-10,15-16,25,27H,2,11-14H2,1H3/t25-/m1/s1. The first-order valence-corrected chi connectivity index (χ1v) is 11.3. The number of nitrogens with zero attached hydrogens (tertiary/aromatic N) is 2. The third-order valence-corrected chi connectivity index (χ3v) is 6.54. The van der Waals surface area contributed by atoms with Crippen molar-refractivity contribution in [3.8, 4) is 5.75 Å². The van der Waals surface area contributed by atoms with Gasteiger partial charge in [0.15, 0.2) is 5.69 Å². The quantitative estimate of drug-likeness (QED) is 0.474. The summed E-state index contributed by atoms with van der Waals surface area (Å²) in [6.45, 7) is 3.14. The number of aromatic nitrogens is 2. The minimum absolute atomic E-state index is 0.110. The van der Waals surface area contributed by atoms with E-state index in [1.54, 1.807) is 0 Å². The molecule has 2 aliphatic rings. The van der Waals surface area contributed by atoms with Crippen LogP contribution in [-0.2, 0) is 6.42 Å². The number of H-pyrrole nitrogens is 1. The second kappa shape index (κ2) is 7.55. The van der Waals surface area contributed by atoms with Crippen LogP contribution in [0, 0.1) is 0 Å². The molecular formula is C26H25N3O3. The van der Waals surface area contributed by atoms with Crippen LogP contribution in [0.25, 0.3) is 10.9 Å². The number of rotatable bonds is 5. The summed E-state index contributed by atoms with van der Waals surface area (Å²) in [6, 6.07) is 17.9. The molecule has 1 N–H and O–H groups in total. The Labute approximate surface area is 186 Å². The first-order valence-electron chi connectivity index (χ1n) is 11.3. The highest BCUT2D eigenvalue weighted by Crippen LogP contribution is 2.43. The average molecular weight is 428 g/mol. The molecule has 1 amide bonds. The molecule has 0 unspecified atom stereocenters. The molecule has 1 aliphatic carbocycles. The summed E-state index contributed by atoms with van der Waals surface area (Å²) < 4.78 is 11.5. The van der Waals surface area contributed by atoms with Crippen LogP contribution in [0.3, 0.4) is 0 Å². The molecule has 0 spiro atoms. The number of carbonyl (C=O) groups excluding carboxylic acids is 1. The minimum Gasteiger partial charge on any atom is -0.494 e. The van der Waals surface area contributed by atoms with Crippen LogP contribution in [0.15, 0.2) is 59.1 Å². The molecule has 6 nitrogen and oxygen atoms in total. The zero-order valence-electron chi connectivity index (χ0n) is 18.0. The number of hydrogen-bond acceptors (Lipinski definition) is 4. The molecule has 1 aliphatic heterocycles. The van der Waals surface area contributed by atoms with Gasteiger partial charge in [-0.3, -0.25) is 4.79 Å². The van der Waals surface area contributed by atoms with E-state index in [2.05, 4.69) is 34.4 Å². The molecule has 0 radical (unpaired) electrons. The molecule has 0 bridgehead atoms. The summed E-state index contributed by atoms with van der Waals surface area (Å²) in [7, 11) is 0. The van der Waals surface area contributed by atoms with Crippen molar-refractivity contribution in [2.75, 3.05) is 13.2 Å². The Bertz CT molecular complexity index is 1300. The van der Waals surface area contributed by atoms with E-state index >= 15 is 0 Å². The predicted molar refractivity (Wildman–Crippen MR) is 121 cm³/mol. The van der Waals surface area contributed by atoms with Crippen molar-refractivity contribution >= 4 is 16.8 Å². The summed E-state index contributed by atoms with van der Waals surface area (Å²) in [5.74, 6) is 1.92. The Balaban J connectivity index is 1.48. The Kier molecular flexibility index (Phi) is 4.52. The van der Waals surface area contributed by atoms with Crippen molar-refractivity contribution in [2.24, 2.45) is 0 Å². The van der Waals surface area contributed by atoms with Crippen LogP contribution < -0.4 is 4.74 Å². The van der Waals surface area contributed by atoms with E-state index in [9.17, 15) is 4.79 Å². The monoisotopic (exact) mass is 427 g/mol. The van der Waals surface area contributed by atoms with Gasteiger partial charge in [0.25, 0.3) is 5.91 Å². The number of hydrogen-bond donors (Lipinski definition) is 1. The number of fused-ring (bicyclic) bond motifs is 3. The number of aromatic amines is 1. The number of benzene rings is 2. The van der Waals surface area contributed by atoms with Crippen LogP contribution in [0.2, 0.25) is 0 Å². The van der Waals surface area contributed by atoms with E-state index in [1.165, 1.54) is 10.9 Å². The topological polar surface area (TPSA) is 71.4 Å². The van der Waals surface area contributed by atoms with E-state index in [0.717, 1.165) is 47.5 Å². The molecule has 1 saturated carbocycles. The second-order valence-electron chi connectivity index (χ2n) is 8.57. The molecule has 2 aromatic heterocycles. The zero-order valence-corrected chi connectivity index (χ0v) is 18.0. The lowest BCUT2D eigenvalue weighted by molar-refractivity contribution is 0.0679. The SMILES string of the molecule is CCOc1ccccc1[C@@H]1c2[nH]c3ccccc3c2CCN1C(=O)c1cc(C2CC2)on1. The molecule has 2 aromatic carbocycles. The van der Waals surface area contributed by atoms with Crippen LogP contribution in [0.1, 0.15) is 64.8 Å². The van der Waals surface area contributed by atoms with Crippen molar-refractivity contribution in [3.05, 3.63) is 82.9 Å². The van der Waals surface area contributed by atoms with Crippen molar-refractivity contribution in [3.63, 3.8) is 0 Å². The van der Waals surface area contributed by atoms with Gasteiger partial charge in [-0.25, -0.2) is 0 Å². The van der Waals surface area contributed by atoms with Gasteiger partial charge in [-0.05, 0) is 43.9 Å². The van der Waals surface area contributed by atoms with E-state index in [1.807, 2.05) is 42.2 Å². The third-order valence-electron chi connectivity index (χ3n) is 6.54. The third kappa shape index (κ3) is 3.09. The van der Waals surface area contributed by atoms with Gasteiger partial charge in [-0.15, -0.1) is 0 Å². The molecule has 1 atom stereocenters. The highest BCUT2D eigenvalue weighted by molar-refractivity contribution is 5.94. The van der Waals surface area contributed by atoms with Crippen molar-refractivity contribution in [2.45, 2.75) is 38.1 Å². The Hall–Kier alpha value is -3.54. The van der Waals surface area contributed by atoms with Gasteiger partial charge in [0.2, 0.25) is 0 Å². The fourth-order valence-electron chi connectivity index (χ4n) is 4.87. The van der Waals surface area contributed by atoms with Gasteiger partial charge in [-0.2, -0.15) is 0 Å². The average Bonchev–Trinajstić information content (AvgIpc) is 3.43. The van der Waals surface area contributed by atoms with Gasteiger partial charge in [0, 0.05) is 40.7 Å². The molecule has 4 aromatic rings. The van der Waals surface area contributed by atoms with Gasteiger partial charge < -0.3 is 19.1 Å². The summed E-state index contributed by atoms with van der Waals surface area (Å²) in [4.78, 5) is 19.2. The summed E-state index contributed by atoms with van der Waals surface area (Å²) in [5.41, 5.74) is 4.75. The van der Waals surface area contributed by atoms with Crippen molar-refractivity contribution in [1.29, 1.82) is 0 Å². The highest BCUT2D eigenvalue weighted by atomic mass is 16.5. The normalized spacial score (nSPS) is 18.0. The van der Waals surface area contributed by atoms with Crippen LogP contribution in [0.5, 0.6) is 5.75 Å². The maximum Gasteiger partial charge on any atom is 0.276 e. The lowest BCUT2D eigenvalue weighted by Crippen LogP contribution is -2.41. The number of ether oxygens (including phenoxy) is 1. The van der Waals surface area contributed by atoms with Crippen LogP contribution >= 0.6 is 0 Å². The first kappa shape index (κ1) is 19.2. The summed E-state index contributed by atoms with van der Waals surface area (Å²) in [5, 5.41) is 5.34. The van der Waals surface area contributed by atoms with Crippen LogP contribution in [-0.4, -0.2) is 34.1 Å². The van der Waals surface area contributed by atoms with E-state index in [0.29, 0.717) is 24.8 Å². The number of para-hydroxylation sites is 2. The molecule has 1 fully saturated rings. The summed E-state index contributed by atoms with van der Waals surface area (Å²) >= 11 is 0.